The number of thioether (sulfide) groups is 1. The number of hydrogen-bond acceptors (Lipinski definition) is 3. The van der Waals surface area contributed by atoms with Crippen LogP contribution < -0.4 is 10.9 Å². The number of nitrogens with one attached hydrogen (secondary N) is 1. The minimum Gasteiger partial charge on any atom is -0.321 e. The predicted octanol–water partition coefficient (Wildman–Crippen LogP) is 2.88. The highest BCUT2D eigenvalue weighted by Crippen LogP contribution is 2.22. The van der Waals surface area contributed by atoms with E-state index in [2.05, 4.69) is 5.32 Å². The van der Waals surface area contributed by atoms with Gasteiger partial charge in [0.05, 0.1) is 5.75 Å². The second-order valence-electron chi connectivity index (χ2n) is 5.42. The van der Waals surface area contributed by atoms with Gasteiger partial charge in [0, 0.05) is 10.9 Å². The number of halogens is 3. The maximum absolute atomic E-state index is 12.3. The molecule has 1 rings (SSSR count). The third-order valence-corrected chi connectivity index (χ3v) is 3.55. The van der Waals surface area contributed by atoms with E-state index in [0.29, 0.717) is 4.57 Å². The van der Waals surface area contributed by atoms with Gasteiger partial charge < -0.3 is 9.88 Å². The van der Waals surface area contributed by atoms with E-state index in [1.54, 1.807) is 0 Å². The number of anilines is 1. The zero-order chi connectivity index (χ0) is 16.3. The summed E-state index contributed by atoms with van der Waals surface area (Å²) in [7, 11) is 0. The average molecular weight is 322 g/mol. The molecule has 118 valence electrons. The molecule has 1 amide bonds. The second kappa shape index (κ2) is 6.55. The Hall–Kier alpha value is -1.44. The zero-order valence-corrected chi connectivity index (χ0v) is 12.8. The molecule has 21 heavy (non-hydrogen) atoms. The van der Waals surface area contributed by atoms with E-state index in [0.717, 1.165) is 6.20 Å². The molecule has 0 aromatic carbocycles. The van der Waals surface area contributed by atoms with Crippen LogP contribution in [0.25, 0.3) is 0 Å². The summed E-state index contributed by atoms with van der Waals surface area (Å²) in [5, 5.41) is 2.35. The molecule has 4 nitrogen and oxygen atoms in total. The number of amides is 1. The van der Waals surface area contributed by atoms with Gasteiger partial charge in [-0.25, -0.2) is 0 Å². The molecular weight excluding hydrogens is 305 g/mol. The van der Waals surface area contributed by atoms with Crippen LogP contribution in [0.3, 0.4) is 0 Å². The van der Waals surface area contributed by atoms with E-state index in [1.807, 2.05) is 20.8 Å². The Balaban J connectivity index is 2.79. The van der Waals surface area contributed by atoms with Crippen molar-refractivity contribution in [2.24, 2.45) is 0 Å². The Bertz CT molecular complexity index is 562. The van der Waals surface area contributed by atoms with Gasteiger partial charge in [-0.05, 0) is 12.1 Å². The van der Waals surface area contributed by atoms with Crippen molar-refractivity contribution in [2.45, 2.75) is 38.2 Å². The van der Waals surface area contributed by atoms with E-state index in [-0.39, 0.29) is 16.2 Å². The smallest absolute Gasteiger partial charge is 0.321 e. The lowest BCUT2D eigenvalue weighted by molar-refractivity contribution is -0.141. The normalized spacial score (nSPS) is 12.3. The quantitative estimate of drug-likeness (QED) is 0.927. The Kier molecular flexibility index (Phi) is 5.49. The fraction of sp³-hybridized carbons (Fsp3) is 0.538. The molecule has 0 aliphatic rings. The Morgan fingerprint density at radius 3 is 2.48 bits per heavy atom. The Labute approximate surface area is 124 Å². The first-order valence-corrected chi connectivity index (χ1v) is 7.16. The molecule has 0 fully saturated rings. The number of carbonyl (C=O) groups is 1. The van der Waals surface area contributed by atoms with E-state index < -0.39 is 24.2 Å². The largest absolute Gasteiger partial charge is 0.406 e. The number of nitrogens with zero attached hydrogens (tertiary/aromatic N) is 1. The fourth-order valence-corrected chi connectivity index (χ4v) is 2.05. The Morgan fingerprint density at radius 2 is 1.95 bits per heavy atom. The van der Waals surface area contributed by atoms with E-state index >= 15 is 0 Å². The first-order valence-electron chi connectivity index (χ1n) is 6.18. The molecular formula is C13H17F3N2O2S. The molecule has 0 radical (unpaired) electrons. The number of aromatic nitrogens is 1. The summed E-state index contributed by atoms with van der Waals surface area (Å²) in [6, 6.07) is 2.58. The zero-order valence-electron chi connectivity index (χ0n) is 12.0. The first-order chi connectivity index (χ1) is 9.48. The van der Waals surface area contributed by atoms with E-state index in [9.17, 15) is 22.8 Å². The molecule has 0 spiro atoms. The number of hydrogen-bond donors (Lipinski definition) is 1. The molecule has 1 N–H and O–H groups in total. The van der Waals surface area contributed by atoms with Gasteiger partial charge in [0.25, 0.3) is 5.56 Å². The molecule has 0 aliphatic carbocycles. The van der Waals surface area contributed by atoms with Crippen molar-refractivity contribution in [3.8, 4) is 0 Å². The molecule has 1 aromatic heterocycles. The predicted molar refractivity (Wildman–Crippen MR) is 77.6 cm³/mol. The van der Waals surface area contributed by atoms with Crippen molar-refractivity contribution in [3.63, 3.8) is 0 Å². The van der Waals surface area contributed by atoms with Gasteiger partial charge in [-0.2, -0.15) is 13.2 Å². The van der Waals surface area contributed by atoms with Crippen molar-refractivity contribution < 1.29 is 18.0 Å². The Morgan fingerprint density at radius 1 is 1.33 bits per heavy atom. The van der Waals surface area contributed by atoms with Crippen LogP contribution in [-0.2, 0) is 11.3 Å². The average Bonchev–Trinajstić information content (AvgIpc) is 2.29. The van der Waals surface area contributed by atoms with Gasteiger partial charge in [-0.15, -0.1) is 11.8 Å². The van der Waals surface area contributed by atoms with Gasteiger partial charge in [0.1, 0.15) is 12.2 Å². The monoisotopic (exact) mass is 322 g/mol. The molecule has 0 bridgehead atoms. The van der Waals surface area contributed by atoms with Crippen LogP contribution in [0.5, 0.6) is 0 Å². The highest BCUT2D eigenvalue weighted by atomic mass is 32.2. The van der Waals surface area contributed by atoms with Crippen LogP contribution in [0.1, 0.15) is 20.8 Å². The number of alkyl halides is 3. The minimum absolute atomic E-state index is 0.121. The molecule has 1 aromatic rings. The minimum atomic E-state index is -4.49. The molecule has 0 atom stereocenters. The topological polar surface area (TPSA) is 51.1 Å². The SMILES string of the molecule is CC(C)(C)SCC(=O)Nc1cccn(CC(F)(F)F)c1=O. The molecule has 0 saturated carbocycles. The summed E-state index contributed by atoms with van der Waals surface area (Å²) < 4.78 is 37.4. The maximum Gasteiger partial charge on any atom is 0.406 e. The number of rotatable bonds is 4. The molecule has 8 heteroatoms. The fourth-order valence-electron chi connectivity index (χ4n) is 1.42. The maximum atomic E-state index is 12.3. The molecule has 0 aliphatic heterocycles. The summed E-state index contributed by atoms with van der Waals surface area (Å²) in [6.45, 7) is 4.42. The van der Waals surface area contributed by atoms with Crippen molar-refractivity contribution in [2.75, 3.05) is 11.1 Å². The van der Waals surface area contributed by atoms with Crippen LogP contribution >= 0.6 is 11.8 Å². The van der Waals surface area contributed by atoms with Crippen LogP contribution in [0.15, 0.2) is 23.1 Å². The highest BCUT2D eigenvalue weighted by molar-refractivity contribution is 8.01. The molecule has 1 heterocycles. The van der Waals surface area contributed by atoms with Crippen LogP contribution in [0, 0.1) is 0 Å². The van der Waals surface area contributed by atoms with Crippen molar-refractivity contribution in [3.05, 3.63) is 28.7 Å². The summed E-state index contributed by atoms with van der Waals surface area (Å²) in [5.41, 5.74) is -1.02. The van der Waals surface area contributed by atoms with Crippen molar-refractivity contribution in [1.29, 1.82) is 0 Å². The lowest BCUT2D eigenvalue weighted by atomic mass is 10.3. The third-order valence-electron chi connectivity index (χ3n) is 2.28. The van der Waals surface area contributed by atoms with Crippen LogP contribution in [-0.4, -0.2) is 27.2 Å². The van der Waals surface area contributed by atoms with Gasteiger partial charge >= 0.3 is 6.18 Å². The van der Waals surface area contributed by atoms with Crippen molar-refractivity contribution in [1.82, 2.24) is 4.57 Å². The first kappa shape index (κ1) is 17.6. The van der Waals surface area contributed by atoms with Gasteiger partial charge in [0.15, 0.2) is 0 Å². The van der Waals surface area contributed by atoms with Gasteiger partial charge in [-0.3, -0.25) is 9.59 Å². The second-order valence-corrected chi connectivity index (χ2v) is 7.22. The van der Waals surface area contributed by atoms with E-state index in [1.165, 1.54) is 23.9 Å². The lowest BCUT2D eigenvalue weighted by Gasteiger charge is -2.17. The molecule has 0 unspecified atom stereocenters. The number of pyridine rings is 1. The highest BCUT2D eigenvalue weighted by Gasteiger charge is 2.28. The van der Waals surface area contributed by atoms with Gasteiger partial charge in [0.2, 0.25) is 5.91 Å². The third kappa shape index (κ3) is 6.70. The lowest BCUT2D eigenvalue weighted by Crippen LogP contribution is -2.31. The van der Waals surface area contributed by atoms with E-state index in [4.69, 9.17) is 0 Å². The number of carbonyl (C=O) groups excluding carboxylic acids is 1. The summed E-state index contributed by atoms with van der Waals surface area (Å²) in [4.78, 5) is 23.5. The summed E-state index contributed by atoms with van der Waals surface area (Å²) >= 11 is 1.38. The standard InChI is InChI=1S/C13H17F3N2O2S/c1-12(2,3)21-7-10(19)17-9-5-4-6-18(11(9)20)8-13(14,15)16/h4-6H,7-8H2,1-3H3,(H,17,19). The summed E-state index contributed by atoms with van der Waals surface area (Å²) in [6.07, 6.45) is -3.45. The molecule has 0 saturated heterocycles. The van der Waals surface area contributed by atoms with Gasteiger partial charge in [-0.1, -0.05) is 20.8 Å². The summed E-state index contributed by atoms with van der Waals surface area (Å²) in [5.74, 6) is -0.298. The van der Waals surface area contributed by atoms with Crippen LogP contribution in [0.2, 0.25) is 0 Å². The van der Waals surface area contributed by atoms with Crippen molar-refractivity contribution >= 4 is 23.4 Å². The van der Waals surface area contributed by atoms with Crippen LogP contribution in [0.4, 0.5) is 18.9 Å².